The maximum atomic E-state index is 12.4. The fourth-order valence-corrected chi connectivity index (χ4v) is 5.71. The van der Waals surface area contributed by atoms with Gasteiger partial charge >= 0.3 is 6.09 Å². The largest absolute Gasteiger partial charge is 0.441 e. The molecular formula is C27H39N5O4. The Kier molecular flexibility index (Phi) is 7.79. The van der Waals surface area contributed by atoms with E-state index in [9.17, 15) is 9.90 Å². The molecule has 2 fully saturated rings. The van der Waals surface area contributed by atoms with Crippen molar-refractivity contribution in [1.29, 1.82) is 0 Å². The zero-order chi connectivity index (χ0) is 25.1. The van der Waals surface area contributed by atoms with Gasteiger partial charge in [0.25, 0.3) is 0 Å². The summed E-state index contributed by atoms with van der Waals surface area (Å²) in [6.07, 6.45) is 13.9. The number of aliphatic hydroxyl groups is 1. The van der Waals surface area contributed by atoms with Crippen LogP contribution in [0.2, 0.25) is 0 Å². The number of hydrogen-bond donors (Lipinski definition) is 1. The lowest BCUT2D eigenvalue weighted by atomic mass is 9.84. The summed E-state index contributed by atoms with van der Waals surface area (Å²) in [7, 11) is 0. The Balaban J connectivity index is 1.19. The maximum Gasteiger partial charge on any atom is 0.410 e. The zero-order valence-electron chi connectivity index (χ0n) is 21.5. The molecule has 196 valence electrons. The second-order valence-corrected chi connectivity index (χ2v) is 10.0. The molecule has 0 aromatic rings. The highest BCUT2D eigenvalue weighted by Crippen LogP contribution is 2.37. The number of hydrogen-bond acceptors (Lipinski definition) is 8. The van der Waals surface area contributed by atoms with Crippen LogP contribution in [-0.2, 0) is 9.47 Å². The number of likely N-dealkylation sites (N-methyl/N-ethyl adjacent to an activating group) is 1. The van der Waals surface area contributed by atoms with Gasteiger partial charge in [-0.2, -0.15) is 5.10 Å². The van der Waals surface area contributed by atoms with Crippen LogP contribution >= 0.6 is 0 Å². The Morgan fingerprint density at radius 3 is 2.58 bits per heavy atom. The number of fused-ring (bicyclic) bond motifs is 1. The van der Waals surface area contributed by atoms with Crippen molar-refractivity contribution in [2.75, 3.05) is 65.6 Å². The van der Waals surface area contributed by atoms with Gasteiger partial charge in [0.05, 0.1) is 37.3 Å². The fraction of sp³-hybridized carbons (Fsp3) is 0.630. The lowest BCUT2D eigenvalue weighted by Gasteiger charge is -2.39. The van der Waals surface area contributed by atoms with Crippen molar-refractivity contribution in [1.82, 2.24) is 19.7 Å². The molecule has 0 spiro atoms. The highest BCUT2D eigenvalue weighted by Gasteiger charge is 2.35. The van der Waals surface area contributed by atoms with Crippen molar-refractivity contribution < 1.29 is 19.4 Å². The first kappa shape index (κ1) is 25.0. The highest BCUT2D eigenvalue weighted by atomic mass is 16.6. The minimum atomic E-state index is -0.232. The van der Waals surface area contributed by atoms with Crippen LogP contribution in [0.4, 0.5) is 4.79 Å². The lowest BCUT2D eigenvalue weighted by Crippen LogP contribution is -2.51. The molecule has 3 atom stereocenters. The molecule has 1 N–H and O–H groups in total. The van der Waals surface area contributed by atoms with Crippen molar-refractivity contribution in [2.24, 2.45) is 16.9 Å². The molecule has 2 saturated heterocycles. The van der Waals surface area contributed by atoms with Crippen LogP contribution in [0, 0.1) is 11.8 Å². The monoisotopic (exact) mass is 497 g/mol. The molecule has 0 saturated carbocycles. The molecule has 0 aromatic carbocycles. The second kappa shape index (κ2) is 11.2. The van der Waals surface area contributed by atoms with Crippen molar-refractivity contribution in [3.05, 3.63) is 47.3 Å². The molecule has 5 aliphatic rings. The molecule has 0 radical (unpaired) electrons. The predicted molar refractivity (Wildman–Crippen MR) is 138 cm³/mol. The molecule has 0 bridgehead atoms. The van der Waals surface area contributed by atoms with Gasteiger partial charge in [-0.15, -0.1) is 0 Å². The van der Waals surface area contributed by atoms with Gasteiger partial charge in [0, 0.05) is 44.9 Å². The van der Waals surface area contributed by atoms with Crippen molar-refractivity contribution >= 4 is 12.3 Å². The first-order chi connectivity index (χ1) is 17.6. The summed E-state index contributed by atoms with van der Waals surface area (Å²) < 4.78 is 10.6. The normalized spacial score (nSPS) is 26.9. The van der Waals surface area contributed by atoms with Crippen molar-refractivity contribution in [3.63, 3.8) is 0 Å². The summed E-state index contributed by atoms with van der Waals surface area (Å²) in [6, 6.07) is 0.0719. The van der Waals surface area contributed by atoms with Gasteiger partial charge in [-0.25, -0.2) is 4.79 Å². The SMILES string of the molecule is CCN(CC)[C@@H](CO)C1=CCC(C2C=C3C(N4CCN(C(=O)OC5COC5)CC4)=CC=NN3C2)C=C1. The van der Waals surface area contributed by atoms with E-state index in [1.807, 2.05) is 6.21 Å². The molecule has 36 heavy (non-hydrogen) atoms. The van der Waals surface area contributed by atoms with E-state index in [-0.39, 0.29) is 24.8 Å². The highest BCUT2D eigenvalue weighted by molar-refractivity contribution is 5.75. The Morgan fingerprint density at radius 1 is 1.19 bits per heavy atom. The molecule has 4 aliphatic heterocycles. The van der Waals surface area contributed by atoms with Crippen LogP contribution in [0.3, 0.4) is 0 Å². The summed E-state index contributed by atoms with van der Waals surface area (Å²) in [5.41, 5.74) is 3.58. The van der Waals surface area contributed by atoms with Gasteiger partial charge in [-0.05, 0) is 37.1 Å². The molecule has 9 nitrogen and oxygen atoms in total. The number of carbonyl (C=O) groups excluding carboxylic acids is 1. The molecule has 9 heteroatoms. The number of amides is 1. The number of carbonyl (C=O) groups is 1. The van der Waals surface area contributed by atoms with E-state index in [0.29, 0.717) is 38.1 Å². The van der Waals surface area contributed by atoms with Crippen LogP contribution in [0.1, 0.15) is 20.3 Å². The van der Waals surface area contributed by atoms with Crippen LogP contribution in [-0.4, -0.2) is 115 Å². The Bertz CT molecular complexity index is 957. The third-order valence-corrected chi connectivity index (χ3v) is 8.01. The number of allylic oxidation sites excluding steroid dienone is 3. The van der Waals surface area contributed by atoms with E-state index in [1.165, 1.54) is 17.0 Å². The third kappa shape index (κ3) is 5.10. The van der Waals surface area contributed by atoms with E-state index in [4.69, 9.17) is 9.47 Å². The van der Waals surface area contributed by atoms with E-state index in [0.717, 1.165) is 39.1 Å². The van der Waals surface area contributed by atoms with Gasteiger partial charge in [0.15, 0.2) is 6.10 Å². The zero-order valence-corrected chi connectivity index (χ0v) is 21.5. The number of hydrazone groups is 1. The van der Waals surface area contributed by atoms with E-state index in [1.54, 1.807) is 4.90 Å². The Hall–Kier alpha value is -2.62. The third-order valence-electron chi connectivity index (χ3n) is 8.01. The lowest BCUT2D eigenvalue weighted by molar-refractivity contribution is -0.105. The molecule has 0 aromatic heterocycles. The van der Waals surface area contributed by atoms with Gasteiger partial charge < -0.3 is 24.4 Å². The summed E-state index contributed by atoms with van der Waals surface area (Å²) >= 11 is 0. The van der Waals surface area contributed by atoms with E-state index >= 15 is 0 Å². The molecular weight excluding hydrogens is 458 g/mol. The van der Waals surface area contributed by atoms with Crippen LogP contribution < -0.4 is 0 Å². The molecule has 5 rings (SSSR count). The van der Waals surface area contributed by atoms with E-state index < -0.39 is 0 Å². The summed E-state index contributed by atoms with van der Waals surface area (Å²) in [5, 5.41) is 16.7. The molecule has 4 heterocycles. The molecule has 1 aliphatic carbocycles. The summed E-state index contributed by atoms with van der Waals surface area (Å²) in [6.45, 7) is 11.0. The summed E-state index contributed by atoms with van der Waals surface area (Å²) in [4.78, 5) is 18.8. The van der Waals surface area contributed by atoms with Crippen LogP contribution in [0.5, 0.6) is 0 Å². The van der Waals surface area contributed by atoms with Gasteiger partial charge in [0.2, 0.25) is 0 Å². The first-order valence-electron chi connectivity index (χ1n) is 13.4. The Labute approximate surface area is 214 Å². The quantitative estimate of drug-likeness (QED) is 0.550. The van der Waals surface area contributed by atoms with E-state index in [2.05, 4.69) is 64.1 Å². The van der Waals surface area contributed by atoms with Gasteiger partial charge in [-0.3, -0.25) is 9.91 Å². The minimum Gasteiger partial charge on any atom is -0.441 e. The topological polar surface area (TPSA) is 81.1 Å². The number of nitrogens with zero attached hydrogens (tertiary/aromatic N) is 5. The minimum absolute atomic E-state index is 0.0719. The summed E-state index contributed by atoms with van der Waals surface area (Å²) in [5.74, 6) is 0.802. The van der Waals surface area contributed by atoms with Crippen LogP contribution in [0.15, 0.2) is 52.4 Å². The number of rotatable bonds is 8. The smallest absolute Gasteiger partial charge is 0.410 e. The number of piperazine rings is 1. The average Bonchev–Trinajstić information content (AvgIpc) is 3.34. The van der Waals surface area contributed by atoms with Gasteiger partial charge in [-0.1, -0.05) is 38.2 Å². The number of ether oxygens (including phenoxy) is 2. The predicted octanol–water partition coefficient (Wildman–Crippen LogP) is 2.04. The van der Waals surface area contributed by atoms with Crippen LogP contribution in [0.25, 0.3) is 0 Å². The average molecular weight is 498 g/mol. The second-order valence-electron chi connectivity index (χ2n) is 10.0. The standard InChI is InChI=1S/C27H39N5O4/c1-3-29(4-2)26(17-33)21-7-5-20(6-8-21)22-15-25-24(9-10-28-32(25)16-22)30-11-13-31(14-12-30)27(34)36-23-18-35-19-23/h5,7-10,15,20,22-23,26,33H,3-4,6,11-14,16-19H2,1-2H3/t20?,22?,26-/m0/s1. The first-order valence-corrected chi connectivity index (χ1v) is 13.4. The van der Waals surface area contributed by atoms with Crippen molar-refractivity contribution in [3.8, 4) is 0 Å². The number of aliphatic hydroxyl groups excluding tert-OH is 1. The maximum absolute atomic E-state index is 12.4. The van der Waals surface area contributed by atoms with Gasteiger partial charge in [0.1, 0.15) is 0 Å². The molecule has 2 unspecified atom stereocenters. The van der Waals surface area contributed by atoms with Crippen molar-refractivity contribution in [2.45, 2.75) is 32.4 Å². The fourth-order valence-electron chi connectivity index (χ4n) is 5.71. The molecule has 1 amide bonds. The Morgan fingerprint density at radius 2 is 1.97 bits per heavy atom.